The molecule has 0 saturated carbocycles. The van der Waals surface area contributed by atoms with E-state index >= 15 is 0 Å². The fourth-order valence-electron chi connectivity index (χ4n) is 2.02. The van der Waals surface area contributed by atoms with Crippen LogP contribution in [0.1, 0.15) is 37.0 Å². The molecule has 5 heteroatoms. The number of nitrogens with zero attached hydrogens (tertiary/aromatic N) is 2. The Bertz CT molecular complexity index is 556. The number of rotatable bonds is 6. The van der Waals surface area contributed by atoms with Gasteiger partial charge in [-0.15, -0.1) is 0 Å². The number of hydrogen-bond acceptors (Lipinski definition) is 4. The fourth-order valence-corrected chi connectivity index (χ4v) is 2.02. The number of halogens is 1. The van der Waals surface area contributed by atoms with E-state index in [1.54, 1.807) is 12.1 Å². The van der Waals surface area contributed by atoms with Gasteiger partial charge in [-0.25, -0.2) is 4.39 Å². The zero-order chi connectivity index (χ0) is 14.5. The van der Waals surface area contributed by atoms with Crippen LogP contribution in [0.15, 0.2) is 28.8 Å². The molecule has 1 aromatic carbocycles. The van der Waals surface area contributed by atoms with Crippen molar-refractivity contribution >= 4 is 0 Å². The summed E-state index contributed by atoms with van der Waals surface area (Å²) in [5.74, 6) is 1.22. The van der Waals surface area contributed by atoms with Gasteiger partial charge in [0.15, 0.2) is 5.82 Å². The standard InChI is InChI=1S/C15H20FN3O/c1-10(12-5-4-6-13(16)9-12)7-15-18-14(19-20-15)8-11(2)17-3/h4-6,9-11,17H,7-8H2,1-3H3. The molecule has 0 amide bonds. The van der Waals surface area contributed by atoms with E-state index in [1.165, 1.54) is 6.07 Å². The number of aromatic nitrogens is 2. The molecular weight excluding hydrogens is 257 g/mol. The average molecular weight is 277 g/mol. The van der Waals surface area contributed by atoms with Crippen molar-refractivity contribution in [3.8, 4) is 0 Å². The first-order chi connectivity index (χ1) is 9.58. The minimum Gasteiger partial charge on any atom is -0.339 e. The van der Waals surface area contributed by atoms with Gasteiger partial charge in [-0.1, -0.05) is 24.2 Å². The van der Waals surface area contributed by atoms with Crippen molar-refractivity contribution in [2.24, 2.45) is 0 Å². The quantitative estimate of drug-likeness (QED) is 0.882. The topological polar surface area (TPSA) is 51.0 Å². The molecule has 2 unspecified atom stereocenters. The Morgan fingerprint density at radius 3 is 2.80 bits per heavy atom. The lowest BCUT2D eigenvalue weighted by Crippen LogP contribution is -2.24. The molecule has 2 rings (SSSR count). The number of benzene rings is 1. The van der Waals surface area contributed by atoms with Gasteiger partial charge in [-0.05, 0) is 37.6 Å². The van der Waals surface area contributed by atoms with Gasteiger partial charge in [0.05, 0.1) is 0 Å². The molecule has 4 nitrogen and oxygen atoms in total. The largest absolute Gasteiger partial charge is 0.339 e. The third-order valence-corrected chi connectivity index (χ3v) is 3.39. The fraction of sp³-hybridized carbons (Fsp3) is 0.467. The predicted octanol–water partition coefficient (Wildman–Crippen LogP) is 2.71. The Morgan fingerprint density at radius 1 is 1.30 bits per heavy atom. The maximum atomic E-state index is 13.2. The summed E-state index contributed by atoms with van der Waals surface area (Å²) in [4.78, 5) is 4.37. The van der Waals surface area contributed by atoms with Gasteiger partial charge >= 0.3 is 0 Å². The van der Waals surface area contributed by atoms with Crippen LogP contribution in [-0.2, 0) is 12.8 Å². The van der Waals surface area contributed by atoms with Crippen LogP contribution in [0.3, 0.4) is 0 Å². The summed E-state index contributed by atoms with van der Waals surface area (Å²) >= 11 is 0. The van der Waals surface area contributed by atoms with Gasteiger partial charge < -0.3 is 9.84 Å². The zero-order valence-electron chi connectivity index (χ0n) is 12.1. The van der Waals surface area contributed by atoms with Crippen molar-refractivity contribution in [2.75, 3.05) is 7.05 Å². The molecule has 0 spiro atoms. The van der Waals surface area contributed by atoms with Crippen molar-refractivity contribution in [3.63, 3.8) is 0 Å². The molecule has 0 bridgehead atoms. The molecule has 0 aliphatic carbocycles. The van der Waals surface area contributed by atoms with Gasteiger partial charge in [-0.2, -0.15) is 4.98 Å². The molecule has 1 N–H and O–H groups in total. The van der Waals surface area contributed by atoms with Crippen LogP contribution in [0.5, 0.6) is 0 Å². The van der Waals surface area contributed by atoms with Crippen LogP contribution < -0.4 is 5.32 Å². The molecule has 20 heavy (non-hydrogen) atoms. The Kier molecular flexibility index (Phi) is 4.84. The summed E-state index contributed by atoms with van der Waals surface area (Å²) in [6.45, 7) is 4.08. The monoisotopic (exact) mass is 277 g/mol. The predicted molar refractivity (Wildman–Crippen MR) is 75.0 cm³/mol. The normalized spacial score (nSPS) is 14.2. The van der Waals surface area contributed by atoms with Gasteiger partial charge in [0.1, 0.15) is 5.82 Å². The summed E-state index contributed by atoms with van der Waals surface area (Å²) in [7, 11) is 1.90. The Morgan fingerprint density at radius 2 is 2.10 bits per heavy atom. The molecular formula is C15H20FN3O. The molecule has 2 aromatic rings. The first kappa shape index (κ1) is 14.7. The molecule has 0 fully saturated rings. The number of likely N-dealkylation sites (N-methyl/N-ethyl adjacent to an activating group) is 1. The molecule has 108 valence electrons. The van der Waals surface area contributed by atoms with Crippen molar-refractivity contribution < 1.29 is 8.91 Å². The van der Waals surface area contributed by atoms with Crippen molar-refractivity contribution in [3.05, 3.63) is 47.4 Å². The van der Waals surface area contributed by atoms with E-state index in [-0.39, 0.29) is 11.7 Å². The minimum absolute atomic E-state index is 0.140. The first-order valence-corrected chi connectivity index (χ1v) is 6.82. The van der Waals surface area contributed by atoms with E-state index in [4.69, 9.17) is 4.52 Å². The Hall–Kier alpha value is -1.75. The maximum Gasteiger partial charge on any atom is 0.227 e. The van der Waals surface area contributed by atoms with E-state index in [1.807, 2.05) is 20.0 Å². The Labute approximate surface area is 118 Å². The second-order valence-corrected chi connectivity index (χ2v) is 5.16. The van der Waals surface area contributed by atoms with Crippen molar-refractivity contribution in [1.82, 2.24) is 15.5 Å². The summed E-state index contributed by atoms with van der Waals surface area (Å²) in [5, 5.41) is 7.10. The van der Waals surface area contributed by atoms with Crippen molar-refractivity contribution in [2.45, 2.75) is 38.6 Å². The van der Waals surface area contributed by atoms with Gasteiger partial charge in [0.2, 0.25) is 5.89 Å². The van der Waals surface area contributed by atoms with Crippen LogP contribution in [0.4, 0.5) is 4.39 Å². The third kappa shape index (κ3) is 3.87. The molecule has 0 aliphatic heterocycles. The SMILES string of the molecule is CNC(C)Cc1noc(CC(C)c2cccc(F)c2)n1. The van der Waals surface area contributed by atoms with Crippen molar-refractivity contribution in [1.29, 1.82) is 0 Å². The maximum absolute atomic E-state index is 13.2. The minimum atomic E-state index is -0.219. The molecule has 2 atom stereocenters. The zero-order valence-corrected chi connectivity index (χ0v) is 12.1. The summed E-state index contributed by atoms with van der Waals surface area (Å²) in [6.07, 6.45) is 1.35. The second-order valence-electron chi connectivity index (χ2n) is 5.16. The summed E-state index contributed by atoms with van der Waals surface area (Å²) in [5.41, 5.74) is 0.938. The molecule has 0 radical (unpaired) electrons. The van der Waals surface area contributed by atoms with Crippen LogP contribution in [-0.4, -0.2) is 23.2 Å². The van der Waals surface area contributed by atoms with Crippen LogP contribution >= 0.6 is 0 Å². The van der Waals surface area contributed by atoms with Crippen LogP contribution in [0.2, 0.25) is 0 Å². The van der Waals surface area contributed by atoms with Gasteiger partial charge in [0.25, 0.3) is 0 Å². The van der Waals surface area contributed by atoms with Gasteiger partial charge in [0, 0.05) is 18.9 Å². The van der Waals surface area contributed by atoms with E-state index in [2.05, 4.69) is 22.4 Å². The summed E-state index contributed by atoms with van der Waals surface area (Å²) in [6, 6.07) is 6.93. The number of nitrogens with one attached hydrogen (secondary N) is 1. The molecule has 1 heterocycles. The highest BCUT2D eigenvalue weighted by Crippen LogP contribution is 2.20. The lowest BCUT2D eigenvalue weighted by Gasteiger charge is -2.08. The molecule has 1 aromatic heterocycles. The number of hydrogen-bond donors (Lipinski definition) is 1. The van der Waals surface area contributed by atoms with E-state index in [0.29, 0.717) is 24.2 Å². The highest BCUT2D eigenvalue weighted by molar-refractivity contribution is 5.20. The second kappa shape index (κ2) is 6.61. The van der Waals surface area contributed by atoms with Gasteiger partial charge in [-0.3, -0.25) is 0 Å². The summed E-state index contributed by atoms with van der Waals surface area (Å²) < 4.78 is 18.4. The first-order valence-electron chi connectivity index (χ1n) is 6.82. The highest BCUT2D eigenvalue weighted by Gasteiger charge is 2.14. The van der Waals surface area contributed by atoms with E-state index < -0.39 is 0 Å². The molecule has 0 saturated heterocycles. The Balaban J connectivity index is 1.99. The third-order valence-electron chi connectivity index (χ3n) is 3.39. The average Bonchev–Trinajstić information content (AvgIpc) is 2.85. The lowest BCUT2D eigenvalue weighted by atomic mass is 9.98. The van der Waals surface area contributed by atoms with E-state index in [9.17, 15) is 4.39 Å². The van der Waals surface area contributed by atoms with Crippen LogP contribution in [0.25, 0.3) is 0 Å². The highest BCUT2D eigenvalue weighted by atomic mass is 19.1. The smallest absolute Gasteiger partial charge is 0.227 e. The van der Waals surface area contributed by atoms with Crippen LogP contribution in [0, 0.1) is 5.82 Å². The van der Waals surface area contributed by atoms with E-state index in [0.717, 1.165) is 12.0 Å². The molecule has 0 aliphatic rings. The lowest BCUT2D eigenvalue weighted by molar-refractivity contribution is 0.365.